The second-order valence-corrected chi connectivity index (χ2v) is 8.61. The zero-order valence-electron chi connectivity index (χ0n) is 19.0. The number of carbonyl (C=O) groups is 1. The Morgan fingerprint density at radius 2 is 2.00 bits per heavy atom. The average molecular weight is 455 g/mol. The maximum absolute atomic E-state index is 12.2. The van der Waals surface area contributed by atoms with Crippen LogP contribution in [0.2, 0.25) is 0 Å². The van der Waals surface area contributed by atoms with Gasteiger partial charge >= 0.3 is 0 Å². The Morgan fingerprint density at radius 3 is 2.74 bits per heavy atom. The summed E-state index contributed by atoms with van der Waals surface area (Å²) >= 11 is 0. The molecule has 2 N–H and O–H groups in total. The molecule has 0 aliphatic carbocycles. The van der Waals surface area contributed by atoms with Crippen LogP contribution in [0.15, 0.2) is 72.4 Å². The minimum atomic E-state index is -0.0531. The van der Waals surface area contributed by atoms with Crippen LogP contribution in [0.5, 0.6) is 0 Å². The lowest BCUT2D eigenvalue weighted by molar-refractivity contribution is -0.125. The third kappa shape index (κ3) is 3.67. The second kappa shape index (κ2) is 8.62. The fourth-order valence-electron chi connectivity index (χ4n) is 4.94. The largest absolute Gasteiger partial charge is 0.383 e. The molecule has 1 unspecified atom stereocenters. The summed E-state index contributed by atoms with van der Waals surface area (Å²) in [7, 11) is 1.99. The van der Waals surface area contributed by atoms with Gasteiger partial charge in [0.2, 0.25) is 5.91 Å². The maximum Gasteiger partial charge on any atom is 0.250 e. The van der Waals surface area contributed by atoms with Crippen LogP contribution in [0.3, 0.4) is 0 Å². The molecule has 0 bridgehead atoms. The van der Waals surface area contributed by atoms with Crippen LogP contribution in [-0.2, 0) is 18.4 Å². The van der Waals surface area contributed by atoms with Gasteiger partial charge < -0.3 is 19.8 Å². The molecule has 34 heavy (non-hydrogen) atoms. The highest BCUT2D eigenvalue weighted by molar-refractivity contribution is 6.02. The summed E-state index contributed by atoms with van der Waals surface area (Å²) in [6, 6.07) is 13.3. The number of rotatable bonds is 5. The molecule has 1 saturated heterocycles. The van der Waals surface area contributed by atoms with Crippen LogP contribution < -0.4 is 11.3 Å². The zero-order valence-corrected chi connectivity index (χ0v) is 19.0. The van der Waals surface area contributed by atoms with Crippen molar-refractivity contribution in [2.75, 3.05) is 18.8 Å². The number of likely N-dealkylation sites (tertiary alicyclic amines) is 1. The minimum absolute atomic E-state index is 0.0345. The van der Waals surface area contributed by atoms with Crippen LogP contribution in [0.25, 0.3) is 22.2 Å². The lowest BCUT2D eigenvalue weighted by atomic mass is 9.94. The van der Waals surface area contributed by atoms with E-state index < -0.39 is 0 Å². The number of nitrogens with two attached hydrogens (primary N) is 1. The Balaban J connectivity index is 1.58. The molecule has 1 atom stereocenters. The quantitative estimate of drug-likeness (QED) is 0.468. The molecule has 1 fully saturated rings. The van der Waals surface area contributed by atoms with Crippen LogP contribution in [0.1, 0.15) is 23.6 Å². The van der Waals surface area contributed by atoms with Crippen LogP contribution >= 0.6 is 0 Å². The van der Waals surface area contributed by atoms with E-state index in [1.165, 1.54) is 12.4 Å². The van der Waals surface area contributed by atoms with Crippen molar-refractivity contribution in [1.82, 2.24) is 24.0 Å². The summed E-state index contributed by atoms with van der Waals surface area (Å²) in [6.07, 6.45) is 5.48. The smallest absolute Gasteiger partial charge is 0.250 e. The van der Waals surface area contributed by atoms with Gasteiger partial charge in [0.05, 0.1) is 11.9 Å². The SMILES string of the molecule is C=CC(=O)N1CCC(c2c(-c3ccc(Cn4ccccc4=O)cc3)c3c(N)ncnc3n2C)C1. The first-order valence-electron chi connectivity index (χ1n) is 11.2. The summed E-state index contributed by atoms with van der Waals surface area (Å²) in [5.74, 6) is 0.515. The van der Waals surface area contributed by atoms with E-state index in [-0.39, 0.29) is 17.4 Å². The van der Waals surface area contributed by atoms with Crippen molar-refractivity contribution in [3.8, 4) is 11.1 Å². The van der Waals surface area contributed by atoms with Crippen LogP contribution in [0, 0.1) is 0 Å². The van der Waals surface area contributed by atoms with Crippen molar-refractivity contribution in [3.05, 3.63) is 89.3 Å². The summed E-state index contributed by atoms with van der Waals surface area (Å²) in [5.41, 5.74) is 11.2. The number of nitrogens with zero attached hydrogens (tertiary/aromatic N) is 5. The molecule has 0 saturated carbocycles. The van der Waals surface area contributed by atoms with E-state index in [4.69, 9.17) is 5.73 Å². The highest BCUT2D eigenvalue weighted by Crippen LogP contribution is 2.42. The fourth-order valence-corrected chi connectivity index (χ4v) is 4.94. The molecule has 1 aliphatic heterocycles. The van der Waals surface area contributed by atoms with E-state index >= 15 is 0 Å². The normalized spacial score (nSPS) is 15.7. The molecule has 4 heterocycles. The van der Waals surface area contributed by atoms with Gasteiger partial charge in [-0.05, 0) is 29.7 Å². The molecule has 172 valence electrons. The fraction of sp³-hybridized carbons (Fsp3) is 0.231. The summed E-state index contributed by atoms with van der Waals surface area (Å²) in [4.78, 5) is 34.9. The standard InChI is InChI=1S/C26H26N6O2/c1-3-20(33)32-13-11-19(15-32)24-22(23-25(27)28-16-29-26(23)30(24)2)18-9-7-17(8-10-18)14-31-12-5-4-6-21(31)34/h3-10,12,16,19H,1,11,13-15H2,2H3,(H2,27,28,29). The molecular weight excluding hydrogens is 428 g/mol. The Hall–Kier alpha value is -4.20. The van der Waals surface area contributed by atoms with Gasteiger partial charge in [0.1, 0.15) is 17.8 Å². The monoisotopic (exact) mass is 454 g/mol. The van der Waals surface area contributed by atoms with Crippen molar-refractivity contribution in [3.63, 3.8) is 0 Å². The highest BCUT2D eigenvalue weighted by atomic mass is 16.2. The first-order chi connectivity index (χ1) is 16.5. The predicted octanol–water partition coefficient (Wildman–Crippen LogP) is 2.93. The molecule has 0 spiro atoms. The average Bonchev–Trinajstić information content (AvgIpc) is 3.44. The van der Waals surface area contributed by atoms with Gasteiger partial charge in [0.25, 0.3) is 5.56 Å². The molecule has 1 amide bonds. The van der Waals surface area contributed by atoms with E-state index in [1.54, 1.807) is 22.9 Å². The maximum atomic E-state index is 12.2. The van der Waals surface area contributed by atoms with Crippen molar-refractivity contribution >= 4 is 22.8 Å². The Labute approximate surface area is 197 Å². The van der Waals surface area contributed by atoms with Gasteiger partial charge in [-0.3, -0.25) is 9.59 Å². The molecule has 1 aliphatic rings. The first kappa shape index (κ1) is 21.6. The minimum Gasteiger partial charge on any atom is -0.383 e. The van der Waals surface area contributed by atoms with Crippen molar-refractivity contribution in [2.24, 2.45) is 7.05 Å². The lowest BCUT2D eigenvalue weighted by Crippen LogP contribution is -2.26. The number of anilines is 1. The Bertz CT molecular complexity index is 1450. The molecule has 1 aromatic carbocycles. The third-order valence-corrected chi connectivity index (χ3v) is 6.60. The summed E-state index contributed by atoms with van der Waals surface area (Å²) in [6.45, 7) is 5.42. The zero-order chi connectivity index (χ0) is 23.8. The lowest BCUT2D eigenvalue weighted by Gasteiger charge is -2.17. The topological polar surface area (TPSA) is 99.0 Å². The number of pyridine rings is 1. The number of amides is 1. The number of fused-ring (bicyclic) bond motifs is 1. The number of aromatic nitrogens is 4. The Morgan fingerprint density at radius 1 is 1.21 bits per heavy atom. The number of aryl methyl sites for hydroxylation is 1. The van der Waals surface area contributed by atoms with Crippen LogP contribution in [-0.4, -0.2) is 43.0 Å². The number of nitrogen functional groups attached to an aromatic ring is 1. The van der Waals surface area contributed by atoms with Crippen molar-refractivity contribution in [1.29, 1.82) is 0 Å². The third-order valence-electron chi connectivity index (χ3n) is 6.60. The first-order valence-corrected chi connectivity index (χ1v) is 11.2. The molecule has 8 nitrogen and oxygen atoms in total. The van der Waals surface area contributed by atoms with Gasteiger partial charge in [-0.25, -0.2) is 9.97 Å². The van der Waals surface area contributed by atoms with Gasteiger partial charge in [-0.1, -0.05) is 36.9 Å². The molecule has 8 heteroatoms. The van der Waals surface area contributed by atoms with E-state index in [0.717, 1.165) is 39.8 Å². The summed E-state index contributed by atoms with van der Waals surface area (Å²) < 4.78 is 3.75. The number of carbonyl (C=O) groups excluding carboxylic acids is 1. The van der Waals surface area contributed by atoms with E-state index in [2.05, 4.69) is 33.2 Å². The van der Waals surface area contributed by atoms with Gasteiger partial charge in [-0.2, -0.15) is 0 Å². The molecule has 3 aromatic heterocycles. The molecule has 5 rings (SSSR count). The molecule has 0 radical (unpaired) electrons. The predicted molar refractivity (Wildman–Crippen MR) is 132 cm³/mol. The van der Waals surface area contributed by atoms with E-state index in [1.807, 2.05) is 30.1 Å². The molecule has 4 aromatic rings. The Kier molecular flexibility index (Phi) is 5.49. The van der Waals surface area contributed by atoms with Gasteiger partial charge in [0, 0.05) is 49.6 Å². The van der Waals surface area contributed by atoms with Crippen molar-refractivity contribution in [2.45, 2.75) is 18.9 Å². The van der Waals surface area contributed by atoms with Gasteiger partial charge in [0.15, 0.2) is 0 Å². The van der Waals surface area contributed by atoms with E-state index in [0.29, 0.717) is 25.5 Å². The number of hydrogen-bond acceptors (Lipinski definition) is 5. The number of hydrogen-bond donors (Lipinski definition) is 1. The highest BCUT2D eigenvalue weighted by Gasteiger charge is 2.32. The van der Waals surface area contributed by atoms with Crippen molar-refractivity contribution < 1.29 is 4.79 Å². The second-order valence-electron chi connectivity index (χ2n) is 8.61. The summed E-state index contributed by atoms with van der Waals surface area (Å²) in [5, 5.41) is 0.820. The number of benzene rings is 1. The molecular formula is C26H26N6O2. The van der Waals surface area contributed by atoms with Crippen LogP contribution in [0.4, 0.5) is 5.82 Å². The van der Waals surface area contributed by atoms with E-state index in [9.17, 15) is 9.59 Å². The van der Waals surface area contributed by atoms with Gasteiger partial charge in [-0.15, -0.1) is 0 Å².